The van der Waals surface area contributed by atoms with Crippen LogP contribution in [0.25, 0.3) is 0 Å². The first-order valence-electron chi connectivity index (χ1n) is 6.56. The number of ketones is 1. The van der Waals surface area contributed by atoms with Gasteiger partial charge in [-0.25, -0.2) is 0 Å². The van der Waals surface area contributed by atoms with Crippen molar-refractivity contribution in [2.75, 3.05) is 0 Å². The molecule has 0 aromatic heterocycles. The van der Waals surface area contributed by atoms with E-state index in [0.717, 1.165) is 5.56 Å². The molecule has 0 saturated heterocycles. The van der Waals surface area contributed by atoms with Gasteiger partial charge in [-0.15, -0.1) is 0 Å². The van der Waals surface area contributed by atoms with Gasteiger partial charge in [0.25, 0.3) is 0 Å². The van der Waals surface area contributed by atoms with Crippen LogP contribution in [0.3, 0.4) is 0 Å². The molecular formula is C17H17BO. The number of Topliss-reactive ketones (excluding diaryl/α,β-unsaturated/α-hetero) is 1. The smallest absolute Gasteiger partial charge is 0.132 e. The molecule has 0 spiro atoms. The largest absolute Gasteiger partial charge is 0.300 e. The Morgan fingerprint density at radius 3 is 1.95 bits per heavy atom. The third kappa shape index (κ3) is 3.57. The van der Waals surface area contributed by atoms with Crippen molar-refractivity contribution < 1.29 is 4.79 Å². The minimum Gasteiger partial charge on any atom is -0.300 e. The standard InChI is InChI=1S/C17H17BO/c1-13(14-8-4-2-5-9-14)12-16(19)17(18)15-10-6-3-7-11-15/h2-11,13,17H,12H2,1H3/t13-,17?/m1/s1. The van der Waals surface area contributed by atoms with Crippen LogP contribution in [0.15, 0.2) is 60.7 Å². The second-order valence-electron chi connectivity index (χ2n) is 4.87. The second kappa shape index (κ2) is 6.37. The highest BCUT2D eigenvalue weighted by molar-refractivity contribution is 6.24. The van der Waals surface area contributed by atoms with Crippen LogP contribution >= 0.6 is 0 Å². The summed E-state index contributed by atoms with van der Waals surface area (Å²) in [7, 11) is 6.02. The first-order chi connectivity index (χ1) is 9.18. The summed E-state index contributed by atoms with van der Waals surface area (Å²) in [6, 6.07) is 19.6. The summed E-state index contributed by atoms with van der Waals surface area (Å²) in [5.41, 5.74) is 2.06. The zero-order valence-electron chi connectivity index (χ0n) is 11.1. The van der Waals surface area contributed by atoms with Gasteiger partial charge in [-0.1, -0.05) is 67.6 Å². The molecule has 2 atom stereocenters. The lowest BCUT2D eigenvalue weighted by Crippen LogP contribution is -2.15. The first kappa shape index (κ1) is 13.6. The molecule has 2 heteroatoms. The fourth-order valence-corrected chi connectivity index (χ4v) is 2.17. The summed E-state index contributed by atoms with van der Waals surface area (Å²) in [6.07, 6.45) is 0.472. The molecule has 0 fully saturated rings. The topological polar surface area (TPSA) is 17.1 Å². The second-order valence-corrected chi connectivity index (χ2v) is 4.87. The van der Waals surface area contributed by atoms with E-state index in [4.69, 9.17) is 7.85 Å². The molecule has 0 aliphatic rings. The van der Waals surface area contributed by atoms with Crippen LogP contribution in [0.2, 0.25) is 0 Å². The summed E-state index contributed by atoms with van der Waals surface area (Å²) in [6.45, 7) is 2.06. The Labute approximate surface area is 116 Å². The van der Waals surface area contributed by atoms with Gasteiger partial charge in [-0.05, 0) is 17.0 Å². The Morgan fingerprint density at radius 1 is 0.947 bits per heavy atom. The summed E-state index contributed by atoms with van der Waals surface area (Å²) < 4.78 is 0. The molecule has 0 saturated carbocycles. The van der Waals surface area contributed by atoms with E-state index in [1.54, 1.807) is 0 Å². The van der Waals surface area contributed by atoms with Crippen molar-refractivity contribution in [3.8, 4) is 0 Å². The van der Waals surface area contributed by atoms with Gasteiger partial charge in [0, 0.05) is 12.2 Å². The van der Waals surface area contributed by atoms with Gasteiger partial charge in [0.05, 0.1) is 7.85 Å². The van der Waals surface area contributed by atoms with Crippen molar-refractivity contribution in [2.45, 2.75) is 25.1 Å². The van der Waals surface area contributed by atoms with E-state index < -0.39 is 5.82 Å². The Morgan fingerprint density at radius 2 is 1.42 bits per heavy atom. The molecule has 0 bridgehead atoms. The highest BCUT2D eigenvalue weighted by Crippen LogP contribution is 2.23. The molecular weight excluding hydrogens is 231 g/mol. The van der Waals surface area contributed by atoms with Crippen LogP contribution < -0.4 is 0 Å². The third-order valence-electron chi connectivity index (χ3n) is 3.38. The van der Waals surface area contributed by atoms with Gasteiger partial charge in [-0.3, -0.25) is 4.79 Å². The minimum atomic E-state index is -0.521. The van der Waals surface area contributed by atoms with E-state index in [2.05, 4.69) is 6.92 Å². The molecule has 19 heavy (non-hydrogen) atoms. The maximum atomic E-state index is 12.2. The molecule has 0 aliphatic heterocycles. The zero-order chi connectivity index (χ0) is 13.7. The van der Waals surface area contributed by atoms with Crippen molar-refractivity contribution >= 4 is 13.6 Å². The molecule has 2 rings (SSSR count). The maximum absolute atomic E-state index is 12.2. The Bertz CT molecular complexity index is 521. The highest BCUT2D eigenvalue weighted by atomic mass is 16.1. The Hall–Kier alpha value is -1.83. The molecule has 2 radical (unpaired) electrons. The Kier molecular flexibility index (Phi) is 4.56. The third-order valence-corrected chi connectivity index (χ3v) is 3.38. The van der Waals surface area contributed by atoms with Crippen molar-refractivity contribution in [3.05, 3.63) is 71.8 Å². The fourth-order valence-electron chi connectivity index (χ4n) is 2.17. The molecule has 2 aromatic carbocycles. The quantitative estimate of drug-likeness (QED) is 0.738. The normalized spacial score (nSPS) is 13.7. The van der Waals surface area contributed by atoms with E-state index in [1.165, 1.54) is 5.56 Å². The summed E-state index contributed by atoms with van der Waals surface area (Å²) >= 11 is 0. The molecule has 94 valence electrons. The zero-order valence-corrected chi connectivity index (χ0v) is 11.1. The van der Waals surface area contributed by atoms with Gasteiger partial charge < -0.3 is 0 Å². The number of hydrogen-bond acceptors (Lipinski definition) is 1. The molecule has 0 heterocycles. The molecule has 1 unspecified atom stereocenters. The van der Waals surface area contributed by atoms with E-state index in [-0.39, 0.29) is 11.7 Å². The van der Waals surface area contributed by atoms with Gasteiger partial charge >= 0.3 is 0 Å². The van der Waals surface area contributed by atoms with Gasteiger partial charge in [0.15, 0.2) is 0 Å². The predicted octanol–water partition coefficient (Wildman–Crippen LogP) is 3.66. The first-order valence-corrected chi connectivity index (χ1v) is 6.56. The molecule has 0 amide bonds. The monoisotopic (exact) mass is 248 g/mol. The lowest BCUT2D eigenvalue weighted by Gasteiger charge is -2.15. The number of carbonyl (C=O) groups excluding carboxylic acids is 1. The van der Waals surface area contributed by atoms with E-state index in [0.29, 0.717) is 6.42 Å². The number of rotatable bonds is 5. The van der Waals surface area contributed by atoms with E-state index >= 15 is 0 Å². The number of benzene rings is 2. The van der Waals surface area contributed by atoms with Gasteiger partial charge in [0.2, 0.25) is 0 Å². The van der Waals surface area contributed by atoms with Gasteiger partial charge in [-0.2, -0.15) is 0 Å². The van der Waals surface area contributed by atoms with Crippen molar-refractivity contribution in [1.82, 2.24) is 0 Å². The van der Waals surface area contributed by atoms with Crippen LogP contribution in [0.4, 0.5) is 0 Å². The van der Waals surface area contributed by atoms with Crippen molar-refractivity contribution in [3.63, 3.8) is 0 Å². The van der Waals surface area contributed by atoms with E-state index in [1.807, 2.05) is 60.7 Å². The van der Waals surface area contributed by atoms with Crippen LogP contribution in [0, 0.1) is 0 Å². The maximum Gasteiger partial charge on any atom is 0.132 e. The summed E-state index contributed by atoms with van der Waals surface area (Å²) in [5.74, 6) is -0.238. The van der Waals surface area contributed by atoms with Gasteiger partial charge in [0.1, 0.15) is 5.78 Å². The van der Waals surface area contributed by atoms with Crippen LogP contribution in [-0.4, -0.2) is 13.6 Å². The molecule has 1 nitrogen and oxygen atoms in total. The average molecular weight is 248 g/mol. The SMILES string of the molecule is [B]C(C(=O)C[C@@H](C)c1ccccc1)c1ccccc1. The van der Waals surface area contributed by atoms with E-state index in [9.17, 15) is 4.79 Å². The number of carbonyl (C=O) groups is 1. The highest BCUT2D eigenvalue weighted by Gasteiger charge is 2.17. The molecule has 0 aliphatic carbocycles. The van der Waals surface area contributed by atoms with Crippen LogP contribution in [0.1, 0.15) is 36.2 Å². The fraction of sp³-hybridized carbons (Fsp3) is 0.235. The Balaban J connectivity index is 2.02. The van der Waals surface area contributed by atoms with Crippen LogP contribution in [0.5, 0.6) is 0 Å². The minimum absolute atomic E-state index is 0.0857. The van der Waals surface area contributed by atoms with Crippen LogP contribution in [-0.2, 0) is 4.79 Å². The predicted molar refractivity (Wildman–Crippen MR) is 79.4 cm³/mol. The molecule has 2 aromatic rings. The lowest BCUT2D eigenvalue weighted by atomic mass is 9.75. The lowest BCUT2D eigenvalue weighted by molar-refractivity contribution is -0.119. The average Bonchev–Trinajstić information content (AvgIpc) is 2.48. The van der Waals surface area contributed by atoms with Crippen molar-refractivity contribution in [2.24, 2.45) is 0 Å². The molecule has 0 N–H and O–H groups in total. The summed E-state index contributed by atoms with van der Waals surface area (Å²) in [5, 5.41) is 0. The summed E-state index contributed by atoms with van der Waals surface area (Å²) in [4.78, 5) is 12.2. The number of hydrogen-bond donors (Lipinski definition) is 0. The van der Waals surface area contributed by atoms with Crippen molar-refractivity contribution in [1.29, 1.82) is 0 Å².